The van der Waals surface area contributed by atoms with E-state index in [0.717, 1.165) is 50.5 Å². The molecule has 3 fully saturated rings. The molecule has 3 saturated carbocycles. The minimum absolute atomic E-state index is 0.602. The van der Waals surface area contributed by atoms with E-state index in [-0.39, 0.29) is 0 Å². The van der Waals surface area contributed by atoms with E-state index in [1.807, 2.05) is 7.05 Å². The number of rotatable bonds is 9. The van der Waals surface area contributed by atoms with Crippen molar-refractivity contribution < 1.29 is 4.74 Å². The number of aliphatic imine (C=N–C) groups is 1. The SMILES string of the molecule is CN=C(NCCCOCC1CC1)NCC1(C2CC2)CCC1. The molecule has 120 valence electrons. The molecule has 3 aliphatic rings. The van der Waals surface area contributed by atoms with E-state index in [0.29, 0.717) is 5.41 Å². The summed E-state index contributed by atoms with van der Waals surface area (Å²) in [5.74, 6) is 2.82. The quantitative estimate of drug-likeness (QED) is 0.390. The summed E-state index contributed by atoms with van der Waals surface area (Å²) in [6.07, 6.45) is 10.9. The molecular weight excluding hydrogens is 262 g/mol. The molecule has 0 amide bonds. The maximum atomic E-state index is 5.65. The van der Waals surface area contributed by atoms with E-state index >= 15 is 0 Å². The van der Waals surface area contributed by atoms with Crippen LogP contribution in [0, 0.1) is 17.3 Å². The summed E-state index contributed by atoms with van der Waals surface area (Å²) in [6.45, 7) is 3.89. The Balaban J connectivity index is 1.26. The van der Waals surface area contributed by atoms with Crippen LogP contribution < -0.4 is 10.6 Å². The van der Waals surface area contributed by atoms with E-state index < -0.39 is 0 Å². The lowest BCUT2D eigenvalue weighted by atomic mass is 9.65. The molecule has 21 heavy (non-hydrogen) atoms. The van der Waals surface area contributed by atoms with E-state index in [9.17, 15) is 0 Å². The predicted octanol–water partition coefficient (Wildman–Crippen LogP) is 2.55. The van der Waals surface area contributed by atoms with Gasteiger partial charge >= 0.3 is 0 Å². The average Bonchev–Trinajstić information content (AvgIpc) is 3.32. The van der Waals surface area contributed by atoms with Crippen molar-refractivity contribution in [3.63, 3.8) is 0 Å². The minimum atomic E-state index is 0.602. The van der Waals surface area contributed by atoms with Gasteiger partial charge < -0.3 is 15.4 Å². The van der Waals surface area contributed by atoms with Gasteiger partial charge in [-0.1, -0.05) is 6.42 Å². The third-order valence-electron chi connectivity index (χ3n) is 5.43. The van der Waals surface area contributed by atoms with Gasteiger partial charge in [-0.15, -0.1) is 0 Å². The van der Waals surface area contributed by atoms with E-state index in [2.05, 4.69) is 15.6 Å². The zero-order valence-electron chi connectivity index (χ0n) is 13.5. The zero-order valence-corrected chi connectivity index (χ0v) is 13.5. The molecule has 4 nitrogen and oxygen atoms in total. The van der Waals surface area contributed by atoms with Crippen LogP contribution in [0.25, 0.3) is 0 Å². The summed E-state index contributed by atoms with van der Waals surface area (Å²) < 4.78 is 5.65. The van der Waals surface area contributed by atoms with E-state index in [1.54, 1.807) is 0 Å². The molecule has 0 bridgehead atoms. The van der Waals surface area contributed by atoms with Gasteiger partial charge in [0.1, 0.15) is 0 Å². The van der Waals surface area contributed by atoms with Crippen molar-refractivity contribution >= 4 is 5.96 Å². The van der Waals surface area contributed by atoms with Gasteiger partial charge in [0.05, 0.1) is 0 Å². The molecule has 4 heteroatoms. The Bertz CT molecular complexity index is 357. The summed E-state index contributed by atoms with van der Waals surface area (Å²) in [5, 5.41) is 6.96. The fourth-order valence-electron chi connectivity index (χ4n) is 3.45. The second-order valence-electron chi connectivity index (χ2n) is 7.21. The van der Waals surface area contributed by atoms with Gasteiger partial charge in [0, 0.05) is 33.4 Å². The topological polar surface area (TPSA) is 45.7 Å². The van der Waals surface area contributed by atoms with Crippen molar-refractivity contribution in [3.05, 3.63) is 0 Å². The molecule has 0 saturated heterocycles. The Hall–Kier alpha value is -0.770. The third kappa shape index (κ3) is 4.35. The molecule has 2 N–H and O–H groups in total. The van der Waals surface area contributed by atoms with Crippen LogP contribution in [0.3, 0.4) is 0 Å². The summed E-state index contributed by atoms with van der Waals surface area (Å²) >= 11 is 0. The number of hydrogen-bond donors (Lipinski definition) is 2. The first-order valence-electron chi connectivity index (χ1n) is 8.85. The van der Waals surface area contributed by atoms with Crippen LogP contribution in [0.2, 0.25) is 0 Å². The maximum Gasteiger partial charge on any atom is 0.190 e. The molecule has 0 radical (unpaired) electrons. The lowest BCUT2D eigenvalue weighted by Crippen LogP contribution is -2.47. The summed E-state index contributed by atoms with van der Waals surface area (Å²) in [5.41, 5.74) is 0.602. The first-order valence-corrected chi connectivity index (χ1v) is 8.85. The van der Waals surface area contributed by atoms with Gasteiger partial charge in [0.15, 0.2) is 5.96 Å². The van der Waals surface area contributed by atoms with Crippen molar-refractivity contribution in [1.82, 2.24) is 10.6 Å². The Labute approximate surface area is 129 Å². The van der Waals surface area contributed by atoms with Gasteiger partial charge in [-0.2, -0.15) is 0 Å². The number of ether oxygens (including phenoxy) is 1. The van der Waals surface area contributed by atoms with Crippen LogP contribution in [-0.2, 0) is 4.74 Å². The molecule has 3 rings (SSSR count). The highest BCUT2D eigenvalue weighted by atomic mass is 16.5. The zero-order chi connectivity index (χ0) is 14.5. The summed E-state index contributed by atoms with van der Waals surface area (Å²) in [6, 6.07) is 0. The van der Waals surface area contributed by atoms with Crippen LogP contribution >= 0.6 is 0 Å². The number of guanidine groups is 1. The monoisotopic (exact) mass is 293 g/mol. The van der Waals surface area contributed by atoms with E-state index in [4.69, 9.17) is 4.74 Å². The molecule has 0 aliphatic heterocycles. The molecule has 0 aromatic rings. The maximum absolute atomic E-state index is 5.65. The van der Waals surface area contributed by atoms with Crippen molar-refractivity contribution in [2.45, 2.75) is 51.4 Å². The summed E-state index contributed by atoms with van der Waals surface area (Å²) in [4.78, 5) is 4.34. The van der Waals surface area contributed by atoms with Gasteiger partial charge in [-0.05, 0) is 62.2 Å². The predicted molar refractivity (Wildman–Crippen MR) is 86.5 cm³/mol. The highest BCUT2D eigenvalue weighted by molar-refractivity contribution is 5.79. The first-order chi connectivity index (χ1) is 10.3. The third-order valence-corrected chi connectivity index (χ3v) is 5.43. The molecule has 0 unspecified atom stereocenters. The average molecular weight is 293 g/mol. The van der Waals surface area contributed by atoms with Crippen molar-refractivity contribution in [2.75, 3.05) is 33.4 Å². The van der Waals surface area contributed by atoms with Crippen molar-refractivity contribution in [2.24, 2.45) is 22.2 Å². The molecule has 0 atom stereocenters. The molecule has 0 aromatic heterocycles. The fourth-order valence-corrected chi connectivity index (χ4v) is 3.45. The molecule has 0 heterocycles. The minimum Gasteiger partial charge on any atom is -0.381 e. The number of nitrogens with zero attached hydrogens (tertiary/aromatic N) is 1. The smallest absolute Gasteiger partial charge is 0.190 e. The lowest BCUT2D eigenvalue weighted by molar-refractivity contribution is 0.105. The van der Waals surface area contributed by atoms with Gasteiger partial charge in [0.2, 0.25) is 0 Å². The van der Waals surface area contributed by atoms with Gasteiger partial charge in [-0.25, -0.2) is 0 Å². The highest BCUT2D eigenvalue weighted by Crippen LogP contribution is 2.56. The second kappa shape index (κ2) is 6.99. The normalized spacial score (nSPS) is 24.5. The van der Waals surface area contributed by atoms with E-state index in [1.165, 1.54) is 44.9 Å². The van der Waals surface area contributed by atoms with Gasteiger partial charge in [0.25, 0.3) is 0 Å². The van der Waals surface area contributed by atoms with Crippen molar-refractivity contribution in [3.8, 4) is 0 Å². The standard InChI is InChI=1S/C17H31N3O/c1-18-16(19-10-3-11-21-12-14-4-5-14)20-13-17(8-2-9-17)15-6-7-15/h14-15H,2-13H2,1H3,(H2,18,19,20). The van der Waals surface area contributed by atoms with Crippen LogP contribution in [0.15, 0.2) is 4.99 Å². The van der Waals surface area contributed by atoms with Crippen LogP contribution in [-0.4, -0.2) is 39.3 Å². The lowest BCUT2D eigenvalue weighted by Gasteiger charge is -2.43. The van der Waals surface area contributed by atoms with Gasteiger partial charge in [-0.3, -0.25) is 4.99 Å². The fraction of sp³-hybridized carbons (Fsp3) is 0.941. The molecule has 0 aromatic carbocycles. The second-order valence-corrected chi connectivity index (χ2v) is 7.21. The van der Waals surface area contributed by atoms with Crippen LogP contribution in [0.1, 0.15) is 51.4 Å². The van der Waals surface area contributed by atoms with Crippen LogP contribution in [0.5, 0.6) is 0 Å². The largest absolute Gasteiger partial charge is 0.381 e. The Morgan fingerprint density at radius 1 is 1.19 bits per heavy atom. The summed E-state index contributed by atoms with van der Waals surface area (Å²) in [7, 11) is 1.86. The van der Waals surface area contributed by atoms with Crippen LogP contribution in [0.4, 0.5) is 0 Å². The molecule has 0 spiro atoms. The number of nitrogens with one attached hydrogen (secondary N) is 2. The molecule has 3 aliphatic carbocycles. The van der Waals surface area contributed by atoms with Crippen molar-refractivity contribution in [1.29, 1.82) is 0 Å². The highest BCUT2D eigenvalue weighted by Gasteiger charge is 2.48. The first kappa shape index (κ1) is 15.1. The molecular formula is C17H31N3O. The Kier molecular flexibility index (Phi) is 5.04. The Morgan fingerprint density at radius 3 is 2.57 bits per heavy atom. The Morgan fingerprint density at radius 2 is 2.00 bits per heavy atom. The number of hydrogen-bond acceptors (Lipinski definition) is 2.